The number of benzene rings is 2. The molecule has 1 fully saturated rings. The van der Waals surface area contributed by atoms with Crippen LogP contribution in [0.15, 0.2) is 50.5 Å². The first kappa shape index (κ1) is 22.3. The first-order valence-corrected chi connectivity index (χ1v) is 12.1. The van der Waals surface area contributed by atoms with Crippen LogP contribution in [0.2, 0.25) is 0 Å². The van der Waals surface area contributed by atoms with Gasteiger partial charge in [-0.3, -0.25) is 9.36 Å². The van der Waals surface area contributed by atoms with Crippen molar-refractivity contribution in [1.82, 2.24) is 8.87 Å². The van der Waals surface area contributed by atoms with Gasteiger partial charge in [-0.05, 0) is 62.1 Å². The highest BCUT2D eigenvalue weighted by Gasteiger charge is 2.28. The van der Waals surface area contributed by atoms with E-state index in [1.54, 1.807) is 18.0 Å². The summed E-state index contributed by atoms with van der Waals surface area (Å²) in [5.74, 6) is -0.748. The number of fused-ring (bicyclic) bond motifs is 1. The van der Waals surface area contributed by atoms with Crippen molar-refractivity contribution in [3.63, 3.8) is 0 Å². The van der Waals surface area contributed by atoms with Gasteiger partial charge in [0.15, 0.2) is 5.58 Å². The zero-order valence-corrected chi connectivity index (χ0v) is 19.3. The van der Waals surface area contributed by atoms with Crippen molar-refractivity contribution in [2.45, 2.75) is 44.6 Å². The number of nitrogens with zero attached hydrogens (tertiary/aromatic N) is 3. The minimum absolute atomic E-state index is 0.103. The maximum atomic E-state index is 12.8. The van der Waals surface area contributed by atoms with Crippen molar-refractivity contribution < 1.29 is 17.6 Å². The Kier molecular flexibility index (Phi) is 5.96. The summed E-state index contributed by atoms with van der Waals surface area (Å²) >= 11 is 0. The topological polar surface area (TPSA) is 92.8 Å². The highest BCUT2D eigenvalue weighted by Crippen LogP contribution is 2.25. The van der Waals surface area contributed by atoms with Crippen LogP contribution in [0.3, 0.4) is 0 Å². The van der Waals surface area contributed by atoms with Crippen molar-refractivity contribution in [3.05, 3.63) is 58.1 Å². The van der Waals surface area contributed by atoms with Crippen molar-refractivity contribution in [2.24, 2.45) is 0 Å². The molecular formula is C23H27N3O5S. The molecule has 4 rings (SSSR count). The van der Waals surface area contributed by atoms with Gasteiger partial charge in [-0.1, -0.05) is 6.07 Å². The number of aromatic nitrogens is 1. The molecule has 1 aromatic heterocycles. The lowest BCUT2D eigenvalue weighted by molar-refractivity contribution is -0.118. The van der Waals surface area contributed by atoms with Crippen LogP contribution in [-0.2, 0) is 21.4 Å². The number of hydrogen-bond acceptors (Lipinski definition) is 5. The van der Waals surface area contributed by atoms with E-state index in [4.69, 9.17) is 4.42 Å². The molecule has 0 unspecified atom stereocenters. The van der Waals surface area contributed by atoms with E-state index >= 15 is 0 Å². The van der Waals surface area contributed by atoms with Gasteiger partial charge in [-0.25, -0.2) is 13.2 Å². The molecule has 0 saturated carbocycles. The zero-order valence-electron chi connectivity index (χ0n) is 18.5. The molecule has 9 heteroatoms. The highest BCUT2D eigenvalue weighted by molar-refractivity contribution is 7.89. The molecule has 2 heterocycles. The molecule has 1 saturated heterocycles. The summed E-state index contributed by atoms with van der Waals surface area (Å²) in [4.78, 5) is 26.8. The Bertz CT molecular complexity index is 1310. The van der Waals surface area contributed by atoms with Crippen LogP contribution in [0.25, 0.3) is 11.1 Å². The number of aryl methyl sites for hydroxylation is 3. The SMILES string of the molecule is Cc1cc(C)cc(N(C)C(=O)CCn2c(=O)oc3cc(S(=O)(=O)N4CCCC4)ccc32)c1. The molecule has 1 aliphatic heterocycles. The largest absolute Gasteiger partial charge is 0.419 e. The third-order valence-electron chi connectivity index (χ3n) is 5.86. The van der Waals surface area contributed by atoms with Gasteiger partial charge in [0.25, 0.3) is 0 Å². The smallest absolute Gasteiger partial charge is 0.408 e. The fourth-order valence-corrected chi connectivity index (χ4v) is 5.69. The van der Waals surface area contributed by atoms with E-state index < -0.39 is 15.8 Å². The summed E-state index contributed by atoms with van der Waals surface area (Å²) in [5.41, 5.74) is 3.60. The fraction of sp³-hybridized carbons (Fsp3) is 0.391. The van der Waals surface area contributed by atoms with Crippen LogP contribution in [0.1, 0.15) is 30.4 Å². The second-order valence-corrected chi connectivity index (χ2v) is 10.2. The molecule has 170 valence electrons. The van der Waals surface area contributed by atoms with E-state index in [0.717, 1.165) is 29.7 Å². The molecule has 0 aliphatic carbocycles. The number of rotatable bonds is 6. The highest BCUT2D eigenvalue weighted by atomic mass is 32.2. The molecule has 1 amide bonds. The van der Waals surface area contributed by atoms with E-state index in [-0.39, 0.29) is 29.4 Å². The number of anilines is 1. The van der Waals surface area contributed by atoms with Crippen LogP contribution < -0.4 is 10.7 Å². The number of carbonyl (C=O) groups is 1. The first-order chi connectivity index (χ1) is 15.2. The minimum Gasteiger partial charge on any atom is -0.408 e. The van der Waals surface area contributed by atoms with E-state index in [2.05, 4.69) is 0 Å². The Morgan fingerprint density at radius 2 is 1.72 bits per heavy atom. The van der Waals surface area contributed by atoms with E-state index in [9.17, 15) is 18.0 Å². The first-order valence-electron chi connectivity index (χ1n) is 10.7. The third-order valence-corrected chi connectivity index (χ3v) is 7.75. The van der Waals surface area contributed by atoms with Crippen LogP contribution in [-0.4, -0.2) is 43.3 Å². The summed E-state index contributed by atoms with van der Waals surface area (Å²) in [5, 5.41) is 0. The molecule has 1 aliphatic rings. The molecular weight excluding hydrogens is 430 g/mol. The van der Waals surface area contributed by atoms with E-state index in [1.165, 1.54) is 21.0 Å². The predicted octanol–water partition coefficient (Wildman–Crippen LogP) is 3.05. The van der Waals surface area contributed by atoms with Gasteiger partial charge in [0.2, 0.25) is 15.9 Å². The quantitative estimate of drug-likeness (QED) is 0.567. The molecule has 3 aromatic rings. The normalized spacial score (nSPS) is 14.8. The Morgan fingerprint density at radius 1 is 1.06 bits per heavy atom. The second kappa shape index (κ2) is 8.55. The molecule has 0 radical (unpaired) electrons. The van der Waals surface area contributed by atoms with Gasteiger partial charge in [0.05, 0.1) is 10.4 Å². The van der Waals surface area contributed by atoms with Gasteiger partial charge in [-0.2, -0.15) is 4.31 Å². The van der Waals surface area contributed by atoms with E-state index in [0.29, 0.717) is 18.6 Å². The molecule has 8 nitrogen and oxygen atoms in total. The maximum absolute atomic E-state index is 12.8. The number of sulfonamides is 1. The van der Waals surface area contributed by atoms with Gasteiger partial charge in [0.1, 0.15) is 0 Å². The molecule has 2 aromatic carbocycles. The number of amides is 1. The summed E-state index contributed by atoms with van der Waals surface area (Å²) in [6, 6.07) is 10.4. The molecule has 32 heavy (non-hydrogen) atoms. The fourth-order valence-electron chi connectivity index (χ4n) is 4.16. The Labute approximate surface area is 187 Å². The van der Waals surface area contributed by atoms with Crippen molar-refractivity contribution in [1.29, 1.82) is 0 Å². The molecule has 0 spiro atoms. The Balaban J connectivity index is 1.54. The van der Waals surface area contributed by atoms with Gasteiger partial charge in [-0.15, -0.1) is 0 Å². The minimum atomic E-state index is -3.61. The van der Waals surface area contributed by atoms with Gasteiger partial charge < -0.3 is 9.32 Å². The van der Waals surface area contributed by atoms with Crippen molar-refractivity contribution in [3.8, 4) is 0 Å². The monoisotopic (exact) mass is 457 g/mol. The lowest BCUT2D eigenvalue weighted by Gasteiger charge is -2.18. The lowest BCUT2D eigenvalue weighted by atomic mass is 10.1. The average Bonchev–Trinajstić information content (AvgIpc) is 3.38. The number of carbonyl (C=O) groups excluding carboxylic acids is 1. The number of hydrogen-bond donors (Lipinski definition) is 0. The molecule has 0 N–H and O–H groups in total. The Morgan fingerprint density at radius 3 is 2.38 bits per heavy atom. The van der Waals surface area contributed by atoms with Crippen LogP contribution >= 0.6 is 0 Å². The van der Waals surface area contributed by atoms with Gasteiger partial charge >= 0.3 is 5.76 Å². The van der Waals surface area contributed by atoms with Crippen LogP contribution in [0.4, 0.5) is 5.69 Å². The van der Waals surface area contributed by atoms with Gasteiger partial charge in [0, 0.05) is 44.9 Å². The summed E-state index contributed by atoms with van der Waals surface area (Å²) in [7, 11) is -1.90. The Hall–Kier alpha value is -2.91. The maximum Gasteiger partial charge on any atom is 0.419 e. The molecule has 0 bridgehead atoms. The standard InChI is InChI=1S/C23H27N3O5S/c1-16-12-17(2)14-18(13-16)24(3)22(27)8-11-26-20-7-6-19(15-21(20)31-23(26)28)32(29,30)25-9-4-5-10-25/h6-7,12-15H,4-5,8-11H2,1-3H3. The molecule has 0 atom stereocenters. The summed E-state index contributed by atoms with van der Waals surface area (Å²) in [6.45, 7) is 5.09. The zero-order chi connectivity index (χ0) is 23.0. The summed E-state index contributed by atoms with van der Waals surface area (Å²) in [6.07, 6.45) is 1.79. The van der Waals surface area contributed by atoms with Crippen LogP contribution in [0.5, 0.6) is 0 Å². The predicted molar refractivity (Wildman–Crippen MR) is 122 cm³/mol. The van der Waals surface area contributed by atoms with Crippen molar-refractivity contribution >= 4 is 32.7 Å². The number of oxazole rings is 1. The van der Waals surface area contributed by atoms with Crippen molar-refractivity contribution in [2.75, 3.05) is 25.0 Å². The second-order valence-electron chi connectivity index (χ2n) is 8.31. The lowest BCUT2D eigenvalue weighted by Crippen LogP contribution is -2.28. The van der Waals surface area contributed by atoms with E-state index in [1.807, 2.05) is 32.0 Å². The third kappa shape index (κ3) is 4.22. The van der Waals surface area contributed by atoms with Crippen LogP contribution in [0, 0.1) is 13.8 Å². The average molecular weight is 458 g/mol. The summed E-state index contributed by atoms with van der Waals surface area (Å²) < 4.78 is 33.7.